The number of esters is 2. The van der Waals surface area contributed by atoms with Gasteiger partial charge in [-0.25, -0.2) is 4.79 Å². The molecule has 3 aromatic rings. The summed E-state index contributed by atoms with van der Waals surface area (Å²) in [6.07, 6.45) is 3.91. The van der Waals surface area contributed by atoms with Crippen LogP contribution in [0, 0.1) is 24.2 Å². The largest absolute Gasteiger partial charge is 0.457 e. The molecule has 0 aromatic heterocycles. The average molecular weight is 515 g/mol. The van der Waals surface area contributed by atoms with E-state index in [1.165, 1.54) is 11.6 Å². The quantitative estimate of drug-likeness (QED) is 0.113. The van der Waals surface area contributed by atoms with Crippen molar-refractivity contribution in [1.82, 2.24) is 0 Å². The van der Waals surface area contributed by atoms with E-state index in [2.05, 4.69) is 13.8 Å². The molecule has 5 nitrogen and oxygen atoms in total. The highest BCUT2D eigenvalue weighted by Gasteiger charge is 2.38. The predicted molar refractivity (Wildman–Crippen MR) is 152 cm³/mol. The fraction of sp³-hybridized carbons (Fsp3) is 0.333. The highest BCUT2D eigenvalue weighted by Crippen LogP contribution is 2.35. The number of hydrogen-bond acceptors (Lipinski definition) is 5. The molecule has 0 aliphatic heterocycles. The number of aryl methyl sites for hydroxylation is 1. The molecule has 1 unspecified atom stereocenters. The summed E-state index contributed by atoms with van der Waals surface area (Å²) in [7, 11) is 0. The second-order valence-electron chi connectivity index (χ2n) is 10.6. The van der Waals surface area contributed by atoms with Crippen molar-refractivity contribution in [2.45, 2.75) is 48.0 Å². The Morgan fingerprint density at radius 1 is 0.816 bits per heavy atom. The zero-order chi connectivity index (χ0) is 27.7. The van der Waals surface area contributed by atoms with Gasteiger partial charge in [0.25, 0.3) is 0 Å². The SMILES string of the molecule is Cc1ccc(C=CC(=O)Oc2ccc(-c3ccc(OCOC(=O)C(C)(CC(C)C)C(C)C)cc3)cc2)cc1. The van der Waals surface area contributed by atoms with Gasteiger partial charge in [-0.15, -0.1) is 0 Å². The normalized spacial score (nSPS) is 12.9. The molecular weight excluding hydrogens is 476 g/mol. The van der Waals surface area contributed by atoms with Crippen LogP contribution < -0.4 is 9.47 Å². The Balaban J connectivity index is 1.51. The molecule has 0 saturated heterocycles. The van der Waals surface area contributed by atoms with E-state index in [-0.39, 0.29) is 18.7 Å². The number of carbonyl (C=O) groups excluding carboxylic acids is 2. The molecule has 3 aromatic carbocycles. The van der Waals surface area contributed by atoms with E-state index >= 15 is 0 Å². The molecule has 0 fully saturated rings. The van der Waals surface area contributed by atoms with Gasteiger partial charge in [0.15, 0.2) is 0 Å². The number of ether oxygens (including phenoxy) is 3. The number of rotatable bonds is 11. The molecule has 0 aliphatic carbocycles. The molecule has 3 rings (SSSR count). The summed E-state index contributed by atoms with van der Waals surface area (Å²) in [5.41, 5.74) is 3.52. The molecule has 0 heterocycles. The minimum absolute atomic E-state index is 0.128. The fourth-order valence-electron chi connectivity index (χ4n) is 4.17. The lowest BCUT2D eigenvalue weighted by Gasteiger charge is -2.32. The first-order valence-electron chi connectivity index (χ1n) is 13.0. The monoisotopic (exact) mass is 514 g/mol. The summed E-state index contributed by atoms with van der Waals surface area (Å²) >= 11 is 0. The fourth-order valence-corrected chi connectivity index (χ4v) is 4.17. The van der Waals surface area contributed by atoms with Crippen molar-refractivity contribution < 1.29 is 23.8 Å². The zero-order valence-electron chi connectivity index (χ0n) is 23.2. The summed E-state index contributed by atoms with van der Waals surface area (Å²) in [6, 6.07) is 22.7. The van der Waals surface area contributed by atoms with E-state index < -0.39 is 11.4 Å². The van der Waals surface area contributed by atoms with Crippen LogP contribution in [0.2, 0.25) is 0 Å². The Labute approximate surface area is 226 Å². The van der Waals surface area contributed by atoms with Crippen LogP contribution in [0.1, 0.15) is 52.2 Å². The molecule has 0 N–H and O–H groups in total. The molecule has 0 spiro atoms. The molecule has 0 amide bonds. The lowest BCUT2D eigenvalue weighted by molar-refractivity contribution is -0.165. The van der Waals surface area contributed by atoms with E-state index in [1.807, 2.05) is 88.4 Å². The van der Waals surface area contributed by atoms with Gasteiger partial charge in [0.1, 0.15) is 11.5 Å². The van der Waals surface area contributed by atoms with Gasteiger partial charge in [0, 0.05) is 6.08 Å². The summed E-state index contributed by atoms with van der Waals surface area (Å²) in [5.74, 6) is 0.984. The highest BCUT2D eigenvalue weighted by atomic mass is 16.7. The third kappa shape index (κ3) is 8.07. The number of carbonyl (C=O) groups is 2. The lowest BCUT2D eigenvalue weighted by Crippen LogP contribution is -2.37. The Morgan fingerprint density at radius 3 is 1.89 bits per heavy atom. The molecule has 0 radical (unpaired) electrons. The van der Waals surface area contributed by atoms with Crippen LogP contribution in [0.15, 0.2) is 78.9 Å². The maximum Gasteiger partial charge on any atom is 0.336 e. The summed E-state index contributed by atoms with van der Waals surface area (Å²) < 4.78 is 16.5. The van der Waals surface area contributed by atoms with Crippen molar-refractivity contribution >= 4 is 18.0 Å². The van der Waals surface area contributed by atoms with Gasteiger partial charge >= 0.3 is 11.9 Å². The molecular formula is C33H38O5. The van der Waals surface area contributed by atoms with Crippen molar-refractivity contribution in [1.29, 1.82) is 0 Å². The van der Waals surface area contributed by atoms with Crippen molar-refractivity contribution in [3.8, 4) is 22.6 Å². The van der Waals surface area contributed by atoms with Crippen LogP contribution in [0.4, 0.5) is 0 Å². The molecule has 5 heteroatoms. The van der Waals surface area contributed by atoms with E-state index in [9.17, 15) is 9.59 Å². The van der Waals surface area contributed by atoms with E-state index in [1.54, 1.807) is 18.2 Å². The Morgan fingerprint density at radius 2 is 1.37 bits per heavy atom. The zero-order valence-corrected chi connectivity index (χ0v) is 23.2. The topological polar surface area (TPSA) is 61.8 Å². The maximum absolute atomic E-state index is 12.7. The molecule has 200 valence electrons. The number of hydrogen-bond donors (Lipinski definition) is 0. The van der Waals surface area contributed by atoms with Gasteiger partial charge in [-0.1, -0.05) is 81.8 Å². The molecule has 0 saturated carbocycles. The van der Waals surface area contributed by atoms with Crippen LogP contribution >= 0.6 is 0 Å². The second kappa shape index (κ2) is 13.1. The van der Waals surface area contributed by atoms with Gasteiger partial charge in [-0.2, -0.15) is 0 Å². The van der Waals surface area contributed by atoms with Crippen LogP contribution in [0.25, 0.3) is 17.2 Å². The minimum Gasteiger partial charge on any atom is -0.457 e. The first kappa shape index (κ1) is 28.7. The Kier molecular flexibility index (Phi) is 9.89. The summed E-state index contributed by atoms with van der Waals surface area (Å²) in [6.45, 7) is 12.2. The minimum atomic E-state index is -0.542. The molecule has 1 atom stereocenters. The van der Waals surface area contributed by atoms with Crippen molar-refractivity contribution in [3.05, 3.63) is 90.0 Å². The molecule has 0 bridgehead atoms. The first-order chi connectivity index (χ1) is 18.1. The van der Waals surface area contributed by atoms with Gasteiger partial charge in [-0.3, -0.25) is 4.79 Å². The smallest absolute Gasteiger partial charge is 0.336 e. The van der Waals surface area contributed by atoms with Crippen LogP contribution in [-0.4, -0.2) is 18.7 Å². The standard InChI is InChI=1S/C33H38O5/c1-23(2)21-33(6,24(3)4)32(35)37-22-36-29-16-12-27(13-17-29)28-14-18-30(19-15-28)38-31(34)20-11-26-9-7-25(5)8-10-26/h7-20,23-24H,21-22H2,1-6H3. The van der Waals surface area contributed by atoms with Crippen molar-refractivity contribution in [2.24, 2.45) is 17.3 Å². The average Bonchev–Trinajstić information content (AvgIpc) is 2.88. The molecule has 38 heavy (non-hydrogen) atoms. The van der Waals surface area contributed by atoms with E-state index in [0.717, 1.165) is 23.1 Å². The second-order valence-corrected chi connectivity index (χ2v) is 10.6. The van der Waals surface area contributed by atoms with Crippen molar-refractivity contribution in [2.75, 3.05) is 6.79 Å². The maximum atomic E-state index is 12.7. The van der Waals surface area contributed by atoms with Crippen LogP contribution in [-0.2, 0) is 14.3 Å². The van der Waals surface area contributed by atoms with E-state index in [0.29, 0.717) is 17.4 Å². The third-order valence-corrected chi connectivity index (χ3v) is 6.74. The number of benzene rings is 3. The lowest BCUT2D eigenvalue weighted by atomic mass is 9.73. The van der Waals surface area contributed by atoms with E-state index in [4.69, 9.17) is 14.2 Å². The Hall–Kier alpha value is -3.86. The van der Waals surface area contributed by atoms with Crippen molar-refractivity contribution in [3.63, 3.8) is 0 Å². The van der Waals surface area contributed by atoms with Gasteiger partial charge < -0.3 is 14.2 Å². The molecule has 0 aliphatic rings. The summed E-state index contributed by atoms with van der Waals surface area (Å²) in [5, 5.41) is 0. The van der Waals surface area contributed by atoms with Gasteiger partial charge in [-0.05, 0) is 79.1 Å². The first-order valence-corrected chi connectivity index (χ1v) is 13.0. The predicted octanol–water partition coefficient (Wildman–Crippen LogP) is 7.87. The van der Waals surface area contributed by atoms with Gasteiger partial charge in [0.05, 0.1) is 5.41 Å². The van der Waals surface area contributed by atoms with Crippen LogP contribution in [0.3, 0.4) is 0 Å². The summed E-state index contributed by atoms with van der Waals surface area (Å²) in [4.78, 5) is 24.9. The van der Waals surface area contributed by atoms with Crippen LogP contribution in [0.5, 0.6) is 11.5 Å². The third-order valence-electron chi connectivity index (χ3n) is 6.74. The van der Waals surface area contributed by atoms with Gasteiger partial charge in [0.2, 0.25) is 6.79 Å². The Bertz CT molecular complexity index is 1220. The highest BCUT2D eigenvalue weighted by molar-refractivity contribution is 5.88.